The number of ether oxygens (including phenoxy) is 2. The fraction of sp³-hybridized carbons (Fsp3) is 0.652. The molecule has 0 heterocycles. The first-order valence-electron chi connectivity index (χ1n) is 10.5. The normalized spacial score (nSPS) is 20.6. The number of carbonyl (C=O) groups excluding carboxylic acids is 2. The highest BCUT2D eigenvalue weighted by atomic mass is 16.6. The van der Waals surface area contributed by atoms with Crippen LogP contribution in [0.3, 0.4) is 0 Å². The van der Waals surface area contributed by atoms with Gasteiger partial charge >= 0.3 is 11.9 Å². The third-order valence-corrected chi connectivity index (χ3v) is 5.90. The lowest BCUT2D eigenvalue weighted by Crippen LogP contribution is -2.49. The molecule has 2 atom stereocenters. The van der Waals surface area contributed by atoms with Crippen LogP contribution in [0.1, 0.15) is 89.2 Å². The standard InChI is InChI=1S/C23H34O4/c1-5-8-9-10-13-18-16-23(21(24)26-6-2,22(25)27-7-3)17(4)19-14-11-12-15-20(18)19/h11-12,14-15,17-18H,5-10,13,16H2,1-4H3/t17?,18-/m1/s1. The van der Waals surface area contributed by atoms with Crippen molar-refractivity contribution < 1.29 is 19.1 Å². The summed E-state index contributed by atoms with van der Waals surface area (Å²) in [6.07, 6.45) is 6.12. The monoisotopic (exact) mass is 374 g/mol. The van der Waals surface area contributed by atoms with E-state index >= 15 is 0 Å². The Bertz CT molecular complexity index is 619. The van der Waals surface area contributed by atoms with Gasteiger partial charge in [0.05, 0.1) is 13.2 Å². The first-order chi connectivity index (χ1) is 13.0. The summed E-state index contributed by atoms with van der Waals surface area (Å²) in [6, 6.07) is 8.23. The Morgan fingerprint density at radius 1 is 0.963 bits per heavy atom. The van der Waals surface area contributed by atoms with Crippen molar-refractivity contribution in [3.8, 4) is 0 Å². The van der Waals surface area contributed by atoms with E-state index in [0.29, 0.717) is 6.42 Å². The molecule has 4 heteroatoms. The molecule has 0 aliphatic heterocycles. The van der Waals surface area contributed by atoms with E-state index in [2.05, 4.69) is 13.0 Å². The zero-order valence-corrected chi connectivity index (χ0v) is 17.3. The molecule has 0 fully saturated rings. The van der Waals surface area contributed by atoms with Crippen LogP contribution in [0.25, 0.3) is 0 Å². The maximum absolute atomic E-state index is 13.1. The van der Waals surface area contributed by atoms with Crippen LogP contribution in [0.2, 0.25) is 0 Å². The van der Waals surface area contributed by atoms with Gasteiger partial charge in [-0.25, -0.2) is 0 Å². The van der Waals surface area contributed by atoms with Crippen LogP contribution < -0.4 is 0 Å². The number of rotatable bonds is 9. The van der Waals surface area contributed by atoms with E-state index in [9.17, 15) is 9.59 Å². The third-order valence-electron chi connectivity index (χ3n) is 5.90. The van der Waals surface area contributed by atoms with Crippen molar-refractivity contribution in [1.82, 2.24) is 0 Å². The predicted octanol–water partition coefficient (Wildman–Crippen LogP) is 5.36. The third kappa shape index (κ3) is 4.36. The van der Waals surface area contributed by atoms with E-state index in [1.54, 1.807) is 13.8 Å². The second-order valence-corrected chi connectivity index (χ2v) is 7.51. The van der Waals surface area contributed by atoms with Crippen LogP contribution in [-0.2, 0) is 19.1 Å². The lowest BCUT2D eigenvalue weighted by molar-refractivity contribution is -0.175. The lowest BCUT2D eigenvalue weighted by atomic mass is 9.60. The molecule has 1 aromatic carbocycles. The summed E-state index contributed by atoms with van der Waals surface area (Å²) in [4.78, 5) is 26.1. The molecule has 0 saturated carbocycles. The second-order valence-electron chi connectivity index (χ2n) is 7.51. The molecule has 0 bridgehead atoms. The smallest absolute Gasteiger partial charge is 0.324 e. The molecule has 1 aromatic rings. The van der Waals surface area contributed by atoms with Crippen molar-refractivity contribution in [3.63, 3.8) is 0 Å². The number of hydrogen-bond acceptors (Lipinski definition) is 4. The summed E-state index contributed by atoms with van der Waals surface area (Å²) in [5.41, 5.74) is 1.09. The van der Waals surface area contributed by atoms with Crippen LogP contribution in [0.4, 0.5) is 0 Å². The highest BCUT2D eigenvalue weighted by Gasteiger charge is 2.57. The van der Waals surface area contributed by atoms with Crippen molar-refractivity contribution >= 4 is 11.9 Å². The minimum Gasteiger partial charge on any atom is -0.465 e. The van der Waals surface area contributed by atoms with E-state index in [1.165, 1.54) is 24.8 Å². The summed E-state index contributed by atoms with van der Waals surface area (Å²) in [5, 5.41) is 0. The molecule has 27 heavy (non-hydrogen) atoms. The zero-order valence-electron chi connectivity index (χ0n) is 17.3. The predicted molar refractivity (Wildman–Crippen MR) is 107 cm³/mol. The second kappa shape index (κ2) is 9.91. The molecular weight excluding hydrogens is 340 g/mol. The van der Waals surface area contributed by atoms with Gasteiger partial charge in [-0.1, -0.05) is 63.8 Å². The highest BCUT2D eigenvalue weighted by Crippen LogP contribution is 2.53. The van der Waals surface area contributed by atoms with Crippen molar-refractivity contribution in [2.75, 3.05) is 13.2 Å². The average Bonchev–Trinajstić information content (AvgIpc) is 2.67. The van der Waals surface area contributed by atoms with Gasteiger partial charge in [-0.15, -0.1) is 0 Å². The first kappa shape index (κ1) is 21.5. The van der Waals surface area contributed by atoms with E-state index in [4.69, 9.17) is 9.47 Å². The number of esters is 2. The Kier molecular flexibility index (Phi) is 7.88. The molecule has 1 aliphatic rings. The van der Waals surface area contributed by atoms with Crippen molar-refractivity contribution in [2.45, 2.75) is 78.1 Å². The van der Waals surface area contributed by atoms with E-state index in [0.717, 1.165) is 18.4 Å². The van der Waals surface area contributed by atoms with Crippen molar-refractivity contribution in [1.29, 1.82) is 0 Å². The molecule has 0 amide bonds. The minimum absolute atomic E-state index is 0.170. The number of carbonyl (C=O) groups is 2. The first-order valence-corrected chi connectivity index (χ1v) is 10.5. The maximum Gasteiger partial charge on any atom is 0.324 e. The summed E-state index contributed by atoms with van der Waals surface area (Å²) >= 11 is 0. The van der Waals surface area contributed by atoms with Gasteiger partial charge < -0.3 is 9.47 Å². The average molecular weight is 375 g/mol. The molecule has 150 valence electrons. The lowest BCUT2D eigenvalue weighted by Gasteiger charge is -2.43. The Hall–Kier alpha value is -1.84. The molecule has 0 radical (unpaired) electrons. The minimum atomic E-state index is -1.25. The van der Waals surface area contributed by atoms with Gasteiger partial charge in [-0.05, 0) is 43.7 Å². The highest BCUT2D eigenvalue weighted by molar-refractivity contribution is 6.01. The molecular formula is C23H34O4. The van der Waals surface area contributed by atoms with Crippen LogP contribution in [0.5, 0.6) is 0 Å². The van der Waals surface area contributed by atoms with E-state index in [-0.39, 0.29) is 25.0 Å². The zero-order chi connectivity index (χ0) is 19.9. The number of fused-ring (bicyclic) bond motifs is 1. The molecule has 0 saturated heterocycles. The fourth-order valence-electron chi connectivity index (χ4n) is 4.42. The van der Waals surface area contributed by atoms with Crippen molar-refractivity contribution in [2.24, 2.45) is 5.41 Å². The summed E-state index contributed by atoms with van der Waals surface area (Å²) < 4.78 is 10.8. The summed E-state index contributed by atoms with van der Waals surface area (Å²) in [5.74, 6) is -0.977. The van der Waals surface area contributed by atoms with Gasteiger partial charge in [0.2, 0.25) is 0 Å². The Morgan fingerprint density at radius 3 is 2.11 bits per heavy atom. The molecule has 1 aliphatic carbocycles. The van der Waals surface area contributed by atoms with Gasteiger partial charge in [-0.2, -0.15) is 0 Å². The molecule has 0 aromatic heterocycles. The van der Waals surface area contributed by atoms with Crippen LogP contribution >= 0.6 is 0 Å². The molecule has 1 unspecified atom stereocenters. The molecule has 0 N–H and O–H groups in total. The van der Waals surface area contributed by atoms with Crippen molar-refractivity contribution in [3.05, 3.63) is 35.4 Å². The summed E-state index contributed by atoms with van der Waals surface area (Å²) in [7, 11) is 0. The largest absolute Gasteiger partial charge is 0.465 e. The topological polar surface area (TPSA) is 52.6 Å². The van der Waals surface area contributed by atoms with Crippen LogP contribution in [0.15, 0.2) is 24.3 Å². The number of unbranched alkanes of at least 4 members (excludes halogenated alkanes) is 3. The molecule has 2 rings (SSSR count). The Morgan fingerprint density at radius 2 is 1.56 bits per heavy atom. The molecule has 0 spiro atoms. The fourth-order valence-corrected chi connectivity index (χ4v) is 4.42. The van der Waals surface area contributed by atoms with Gasteiger partial charge in [0.1, 0.15) is 0 Å². The van der Waals surface area contributed by atoms with Gasteiger partial charge in [0.15, 0.2) is 5.41 Å². The Balaban J connectivity index is 2.44. The van der Waals surface area contributed by atoms with Gasteiger partial charge in [0.25, 0.3) is 0 Å². The van der Waals surface area contributed by atoms with E-state index < -0.39 is 17.4 Å². The SMILES string of the molecule is CCCCCC[C@@H]1CC(C(=O)OCC)(C(=O)OCC)C(C)c2ccccc21. The van der Waals surface area contributed by atoms with Gasteiger partial charge in [-0.3, -0.25) is 9.59 Å². The quantitative estimate of drug-likeness (QED) is 0.332. The number of benzene rings is 1. The maximum atomic E-state index is 13.1. The Labute approximate surface area is 163 Å². The molecule has 4 nitrogen and oxygen atoms in total. The van der Waals surface area contributed by atoms with Crippen LogP contribution in [0, 0.1) is 5.41 Å². The number of hydrogen-bond donors (Lipinski definition) is 0. The van der Waals surface area contributed by atoms with Gasteiger partial charge in [0, 0.05) is 5.92 Å². The summed E-state index contributed by atoms with van der Waals surface area (Å²) in [6.45, 7) is 8.23. The van der Waals surface area contributed by atoms with E-state index in [1.807, 2.05) is 25.1 Å². The van der Waals surface area contributed by atoms with Crippen LogP contribution in [-0.4, -0.2) is 25.2 Å².